The first kappa shape index (κ1) is 16.5. The molecule has 2 atom stereocenters. The topological polar surface area (TPSA) is 78.4 Å². The monoisotopic (exact) mass is 298 g/mol. The average Bonchev–Trinajstić information content (AvgIpc) is 2.86. The molecule has 20 heavy (non-hydrogen) atoms. The van der Waals surface area contributed by atoms with Gasteiger partial charge in [0.1, 0.15) is 0 Å². The zero-order chi connectivity index (χ0) is 15.0. The third kappa shape index (κ3) is 6.06. The van der Waals surface area contributed by atoms with E-state index in [0.29, 0.717) is 6.42 Å². The number of rotatable bonds is 8. The molecule has 5 nitrogen and oxygen atoms in total. The van der Waals surface area contributed by atoms with Crippen LogP contribution in [-0.4, -0.2) is 29.7 Å². The van der Waals surface area contributed by atoms with Crippen LogP contribution in [0.5, 0.6) is 0 Å². The van der Waals surface area contributed by atoms with E-state index in [-0.39, 0.29) is 18.6 Å². The van der Waals surface area contributed by atoms with Gasteiger partial charge in [0.05, 0.1) is 5.92 Å². The molecule has 0 saturated heterocycles. The summed E-state index contributed by atoms with van der Waals surface area (Å²) in [6.45, 7) is 4.02. The highest BCUT2D eigenvalue weighted by Gasteiger charge is 2.17. The summed E-state index contributed by atoms with van der Waals surface area (Å²) < 4.78 is 0. The van der Waals surface area contributed by atoms with Crippen molar-refractivity contribution in [1.29, 1.82) is 0 Å². The van der Waals surface area contributed by atoms with Crippen LogP contribution in [0.3, 0.4) is 0 Å². The molecule has 6 heteroatoms. The zero-order valence-corrected chi connectivity index (χ0v) is 12.7. The molecule has 0 saturated carbocycles. The van der Waals surface area contributed by atoms with Gasteiger partial charge >= 0.3 is 12.0 Å². The number of nitrogens with one attached hydrogen (secondary N) is 2. The SMILES string of the molecule is CCCC(CNC(=O)NC(C)Cc1ccsc1)C(=O)O. The normalized spacial score (nSPS) is 13.5. The minimum absolute atomic E-state index is 0.0130. The van der Waals surface area contributed by atoms with Gasteiger partial charge in [-0.05, 0) is 42.2 Å². The molecule has 0 spiro atoms. The number of hydrogen-bond donors (Lipinski definition) is 3. The molecule has 0 aliphatic carbocycles. The van der Waals surface area contributed by atoms with E-state index in [0.717, 1.165) is 12.8 Å². The van der Waals surface area contributed by atoms with Gasteiger partial charge in [-0.25, -0.2) is 4.79 Å². The van der Waals surface area contributed by atoms with Crippen LogP contribution < -0.4 is 10.6 Å². The fraction of sp³-hybridized carbons (Fsp3) is 0.571. The standard InChI is InChI=1S/C14H22N2O3S/c1-3-4-12(13(17)18)8-15-14(19)16-10(2)7-11-5-6-20-9-11/h5-6,9-10,12H,3-4,7-8H2,1-2H3,(H,17,18)(H2,15,16,19). The Kier molecular flexibility index (Phi) is 7.08. The fourth-order valence-corrected chi connectivity index (χ4v) is 2.65. The van der Waals surface area contributed by atoms with Crippen molar-refractivity contribution >= 4 is 23.3 Å². The zero-order valence-electron chi connectivity index (χ0n) is 11.9. The molecular formula is C14H22N2O3S. The lowest BCUT2D eigenvalue weighted by Crippen LogP contribution is -2.44. The summed E-state index contributed by atoms with van der Waals surface area (Å²) in [7, 11) is 0. The van der Waals surface area contributed by atoms with Gasteiger partial charge in [0.25, 0.3) is 0 Å². The number of carbonyl (C=O) groups is 2. The lowest BCUT2D eigenvalue weighted by molar-refractivity contribution is -0.141. The number of carboxylic acids is 1. The van der Waals surface area contributed by atoms with E-state index >= 15 is 0 Å². The fourth-order valence-electron chi connectivity index (χ4n) is 1.97. The molecule has 3 N–H and O–H groups in total. The van der Waals surface area contributed by atoms with Crippen molar-refractivity contribution in [3.8, 4) is 0 Å². The van der Waals surface area contributed by atoms with Crippen molar-refractivity contribution in [2.75, 3.05) is 6.54 Å². The molecule has 0 bridgehead atoms. The molecule has 1 heterocycles. The molecule has 0 aliphatic rings. The first-order valence-corrected chi connectivity index (χ1v) is 7.75. The summed E-state index contributed by atoms with van der Waals surface area (Å²) >= 11 is 1.63. The van der Waals surface area contributed by atoms with Gasteiger partial charge < -0.3 is 15.7 Å². The summed E-state index contributed by atoms with van der Waals surface area (Å²) in [5, 5.41) is 18.5. The van der Waals surface area contributed by atoms with Gasteiger partial charge in [-0.2, -0.15) is 11.3 Å². The van der Waals surface area contributed by atoms with Crippen molar-refractivity contribution < 1.29 is 14.7 Å². The lowest BCUT2D eigenvalue weighted by Gasteiger charge is -2.16. The van der Waals surface area contributed by atoms with Crippen molar-refractivity contribution in [1.82, 2.24) is 10.6 Å². The lowest BCUT2D eigenvalue weighted by atomic mass is 10.0. The predicted octanol–water partition coefficient (Wildman–Crippen LogP) is 2.48. The van der Waals surface area contributed by atoms with Gasteiger partial charge in [-0.3, -0.25) is 4.79 Å². The van der Waals surface area contributed by atoms with E-state index in [2.05, 4.69) is 16.0 Å². The van der Waals surface area contributed by atoms with Crippen molar-refractivity contribution in [2.24, 2.45) is 5.92 Å². The van der Waals surface area contributed by atoms with Crippen LogP contribution >= 0.6 is 11.3 Å². The molecule has 0 aromatic carbocycles. The van der Waals surface area contributed by atoms with Crippen LogP contribution in [0.15, 0.2) is 16.8 Å². The van der Waals surface area contributed by atoms with E-state index < -0.39 is 11.9 Å². The van der Waals surface area contributed by atoms with Crippen LogP contribution in [0.25, 0.3) is 0 Å². The van der Waals surface area contributed by atoms with Crippen LogP contribution in [0.4, 0.5) is 4.79 Å². The van der Waals surface area contributed by atoms with Crippen LogP contribution in [0.2, 0.25) is 0 Å². The number of carboxylic acid groups (broad SMARTS) is 1. The minimum Gasteiger partial charge on any atom is -0.481 e. The molecule has 0 aliphatic heterocycles. The Labute approximate surface area is 123 Å². The van der Waals surface area contributed by atoms with Gasteiger partial charge in [-0.15, -0.1) is 0 Å². The second-order valence-corrected chi connectivity index (χ2v) is 5.70. The van der Waals surface area contributed by atoms with E-state index in [1.54, 1.807) is 11.3 Å². The molecule has 0 radical (unpaired) electrons. The second kappa shape index (κ2) is 8.58. The number of hydrogen-bond acceptors (Lipinski definition) is 3. The Bertz CT molecular complexity index is 420. The summed E-state index contributed by atoms with van der Waals surface area (Å²) in [6, 6.07) is 1.73. The Morgan fingerprint density at radius 2 is 2.20 bits per heavy atom. The molecule has 0 fully saturated rings. The Morgan fingerprint density at radius 1 is 1.45 bits per heavy atom. The van der Waals surface area contributed by atoms with E-state index in [4.69, 9.17) is 5.11 Å². The van der Waals surface area contributed by atoms with Crippen LogP contribution in [-0.2, 0) is 11.2 Å². The summed E-state index contributed by atoms with van der Waals surface area (Å²) in [4.78, 5) is 22.7. The Hall–Kier alpha value is -1.56. The van der Waals surface area contributed by atoms with Gasteiger partial charge in [0.2, 0.25) is 0 Å². The molecule has 2 unspecified atom stereocenters. The molecule has 1 aromatic heterocycles. The Morgan fingerprint density at radius 3 is 2.75 bits per heavy atom. The van der Waals surface area contributed by atoms with E-state index in [1.807, 2.05) is 25.3 Å². The molecule has 1 rings (SSSR count). The number of thiophene rings is 1. The minimum atomic E-state index is -0.863. The van der Waals surface area contributed by atoms with Crippen LogP contribution in [0, 0.1) is 5.92 Å². The number of amides is 2. The molecule has 2 amide bonds. The van der Waals surface area contributed by atoms with Crippen molar-refractivity contribution in [3.05, 3.63) is 22.4 Å². The second-order valence-electron chi connectivity index (χ2n) is 4.91. The largest absolute Gasteiger partial charge is 0.481 e. The van der Waals surface area contributed by atoms with Crippen molar-refractivity contribution in [2.45, 2.75) is 39.2 Å². The van der Waals surface area contributed by atoms with E-state index in [1.165, 1.54) is 5.56 Å². The van der Waals surface area contributed by atoms with Crippen molar-refractivity contribution in [3.63, 3.8) is 0 Å². The maximum absolute atomic E-state index is 11.7. The smallest absolute Gasteiger partial charge is 0.315 e. The van der Waals surface area contributed by atoms with Gasteiger partial charge in [-0.1, -0.05) is 13.3 Å². The summed E-state index contributed by atoms with van der Waals surface area (Å²) in [5.74, 6) is -1.38. The quantitative estimate of drug-likeness (QED) is 0.690. The highest BCUT2D eigenvalue weighted by Crippen LogP contribution is 2.08. The average molecular weight is 298 g/mol. The third-order valence-electron chi connectivity index (χ3n) is 2.99. The van der Waals surface area contributed by atoms with Gasteiger partial charge in [0.15, 0.2) is 0 Å². The summed E-state index contributed by atoms with van der Waals surface area (Å²) in [6.07, 6.45) is 2.13. The van der Waals surface area contributed by atoms with Gasteiger partial charge in [0, 0.05) is 12.6 Å². The maximum Gasteiger partial charge on any atom is 0.315 e. The Balaban J connectivity index is 2.30. The highest BCUT2D eigenvalue weighted by molar-refractivity contribution is 7.07. The first-order valence-electron chi connectivity index (χ1n) is 6.81. The first-order chi connectivity index (χ1) is 9.52. The number of aliphatic carboxylic acids is 1. The molecule has 1 aromatic rings. The third-order valence-corrected chi connectivity index (χ3v) is 3.73. The highest BCUT2D eigenvalue weighted by atomic mass is 32.1. The molecular weight excluding hydrogens is 276 g/mol. The summed E-state index contributed by atoms with van der Waals surface area (Å²) in [5.41, 5.74) is 1.19. The predicted molar refractivity (Wildman–Crippen MR) is 80.1 cm³/mol. The number of carbonyl (C=O) groups excluding carboxylic acids is 1. The van der Waals surface area contributed by atoms with E-state index in [9.17, 15) is 9.59 Å². The number of urea groups is 1. The molecule has 112 valence electrons. The van der Waals surface area contributed by atoms with Crippen LogP contribution in [0.1, 0.15) is 32.3 Å². The maximum atomic E-state index is 11.7.